The molecule has 5 rings (SSSR count). The van der Waals surface area contributed by atoms with Crippen molar-refractivity contribution in [1.29, 1.82) is 0 Å². The van der Waals surface area contributed by atoms with Crippen LogP contribution >= 0.6 is 0 Å². The number of rotatable bonds is 7. The summed E-state index contributed by atoms with van der Waals surface area (Å²) in [4.78, 5) is 24.7. The normalized spacial score (nSPS) is 24.0. The van der Waals surface area contributed by atoms with Crippen LogP contribution in [0, 0.1) is 19.8 Å². The number of hydrogen-bond donors (Lipinski definition) is 3. The second-order valence-corrected chi connectivity index (χ2v) is 10.6. The number of nitrogens with zero attached hydrogens (tertiary/aromatic N) is 2. The van der Waals surface area contributed by atoms with E-state index in [2.05, 4.69) is 20.6 Å². The molecule has 0 unspecified atom stereocenters. The average molecular weight is 528 g/mol. The number of methoxy groups -OCH3 is 1. The quantitative estimate of drug-likeness (QED) is 0.423. The van der Waals surface area contributed by atoms with Crippen LogP contribution in [0.5, 0.6) is 0 Å². The smallest absolute Gasteiger partial charge is 0.251 e. The third-order valence-electron chi connectivity index (χ3n) is 7.74. The Kier molecular flexibility index (Phi) is 7.74. The number of alkyl halides is 2. The highest BCUT2D eigenvalue weighted by atomic mass is 19.3. The molecule has 0 radical (unpaired) electrons. The number of aromatic amines is 1. The summed E-state index contributed by atoms with van der Waals surface area (Å²) in [5, 5.41) is 7.71. The number of pyridine rings is 3. The summed E-state index contributed by atoms with van der Waals surface area (Å²) in [5.41, 5.74) is 3.83. The van der Waals surface area contributed by atoms with Crippen molar-refractivity contribution in [2.45, 2.75) is 63.7 Å². The Labute approximate surface area is 220 Å². The van der Waals surface area contributed by atoms with Gasteiger partial charge >= 0.3 is 0 Å². The van der Waals surface area contributed by atoms with Crippen molar-refractivity contribution in [3.05, 3.63) is 52.2 Å². The molecule has 1 saturated carbocycles. The fraction of sp³-hybridized carbons (Fsp3) is 0.536. The highest BCUT2D eigenvalue weighted by Crippen LogP contribution is 2.37. The van der Waals surface area contributed by atoms with Crippen LogP contribution in [0.25, 0.3) is 22.0 Å². The number of ether oxygens (including phenoxy) is 2. The molecule has 0 bridgehead atoms. The molecule has 1 aliphatic carbocycles. The molecular weight excluding hydrogens is 492 g/mol. The molecule has 8 nitrogen and oxygen atoms in total. The summed E-state index contributed by atoms with van der Waals surface area (Å²) in [5.74, 6) is -1.92. The lowest BCUT2D eigenvalue weighted by molar-refractivity contribution is -0.0747. The second kappa shape index (κ2) is 11.0. The lowest BCUT2D eigenvalue weighted by Crippen LogP contribution is -2.58. The molecule has 1 saturated heterocycles. The van der Waals surface area contributed by atoms with Gasteiger partial charge in [0.2, 0.25) is 5.92 Å². The first kappa shape index (κ1) is 26.6. The van der Waals surface area contributed by atoms with Crippen LogP contribution in [-0.2, 0) is 9.47 Å². The van der Waals surface area contributed by atoms with Crippen molar-refractivity contribution < 1.29 is 18.3 Å². The van der Waals surface area contributed by atoms with Gasteiger partial charge in [0, 0.05) is 80.3 Å². The van der Waals surface area contributed by atoms with Crippen molar-refractivity contribution in [3.8, 4) is 11.1 Å². The Morgan fingerprint density at radius 2 is 1.87 bits per heavy atom. The van der Waals surface area contributed by atoms with Gasteiger partial charge in [-0.05, 0) is 50.3 Å². The van der Waals surface area contributed by atoms with Gasteiger partial charge in [-0.25, -0.2) is 13.8 Å². The number of anilines is 1. The number of piperidine rings is 1. The number of aryl methyl sites for hydroxylation is 2. The van der Waals surface area contributed by atoms with Crippen LogP contribution in [0.1, 0.15) is 36.8 Å². The molecule has 3 aromatic rings. The van der Waals surface area contributed by atoms with E-state index in [1.807, 2.05) is 19.1 Å². The maximum absolute atomic E-state index is 13.6. The number of nitrogens with one attached hydrogen (secondary N) is 3. The molecular formula is C28H35F2N5O3. The minimum atomic E-state index is -2.56. The van der Waals surface area contributed by atoms with E-state index in [0.29, 0.717) is 49.4 Å². The summed E-state index contributed by atoms with van der Waals surface area (Å²) in [6, 6.07) is 3.65. The number of halogens is 2. The Morgan fingerprint density at radius 1 is 1.11 bits per heavy atom. The van der Waals surface area contributed by atoms with Gasteiger partial charge < -0.3 is 25.1 Å². The monoisotopic (exact) mass is 527 g/mol. The zero-order valence-corrected chi connectivity index (χ0v) is 22.0. The molecule has 1 aliphatic heterocycles. The molecule has 0 aromatic carbocycles. The topological polar surface area (TPSA) is 101 Å². The van der Waals surface area contributed by atoms with Crippen LogP contribution in [0.4, 0.5) is 14.6 Å². The van der Waals surface area contributed by atoms with Crippen LogP contribution in [0.3, 0.4) is 0 Å². The summed E-state index contributed by atoms with van der Waals surface area (Å²) >= 11 is 0. The summed E-state index contributed by atoms with van der Waals surface area (Å²) < 4.78 is 39.3. The van der Waals surface area contributed by atoms with Crippen molar-refractivity contribution in [3.63, 3.8) is 0 Å². The predicted octanol–water partition coefficient (Wildman–Crippen LogP) is 4.21. The first-order chi connectivity index (χ1) is 18.2. The molecule has 3 aromatic heterocycles. The van der Waals surface area contributed by atoms with E-state index in [-0.39, 0.29) is 42.6 Å². The maximum Gasteiger partial charge on any atom is 0.251 e. The van der Waals surface area contributed by atoms with Gasteiger partial charge in [0.25, 0.3) is 5.56 Å². The zero-order chi connectivity index (χ0) is 26.9. The van der Waals surface area contributed by atoms with Crippen molar-refractivity contribution in [2.75, 3.05) is 32.1 Å². The van der Waals surface area contributed by atoms with E-state index in [9.17, 15) is 13.6 Å². The van der Waals surface area contributed by atoms with E-state index < -0.39 is 5.92 Å². The van der Waals surface area contributed by atoms with E-state index in [0.717, 1.165) is 22.1 Å². The summed E-state index contributed by atoms with van der Waals surface area (Å²) in [6.07, 6.45) is 5.63. The highest BCUT2D eigenvalue weighted by Gasteiger charge is 2.38. The molecule has 3 N–H and O–H groups in total. The molecule has 4 heterocycles. The Bertz CT molecular complexity index is 1340. The second-order valence-electron chi connectivity index (χ2n) is 10.6. The molecule has 10 heteroatoms. The molecule has 2 aliphatic rings. The van der Waals surface area contributed by atoms with E-state index in [4.69, 9.17) is 14.5 Å². The van der Waals surface area contributed by atoms with E-state index in [1.54, 1.807) is 32.6 Å². The van der Waals surface area contributed by atoms with Crippen molar-refractivity contribution in [2.24, 2.45) is 5.92 Å². The zero-order valence-electron chi connectivity index (χ0n) is 22.0. The third-order valence-corrected chi connectivity index (χ3v) is 7.74. The van der Waals surface area contributed by atoms with Gasteiger partial charge in [0.1, 0.15) is 0 Å². The van der Waals surface area contributed by atoms with Crippen LogP contribution in [0.15, 0.2) is 35.5 Å². The van der Waals surface area contributed by atoms with Gasteiger partial charge in [0.15, 0.2) is 5.82 Å². The molecule has 3 atom stereocenters. The van der Waals surface area contributed by atoms with Gasteiger partial charge in [-0.2, -0.15) is 0 Å². The Balaban J connectivity index is 1.44. The number of hydrogen-bond acceptors (Lipinski definition) is 7. The first-order valence-electron chi connectivity index (χ1n) is 13.2. The highest BCUT2D eigenvalue weighted by molar-refractivity contribution is 5.99. The summed E-state index contributed by atoms with van der Waals surface area (Å²) in [6.45, 7) is 5.38. The standard InChI is InChI=1S/C28H35F2N5O3/c1-16-8-19(11-31-10-16)21-12-33-26(24-20(21)9-17(2)27(36)35-24)34-25-22(37-3)13-32-14-23(25)38-15-18-4-6-28(29,30)7-5-18/h8-12,18,22-23,25,32H,4-7,13-15H2,1-3H3,(H,33,34)(H,35,36)/t22-,23+,25+/m0/s1. The third kappa shape index (κ3) is 5.72. The Hall–Kier alpha value is -2.95. The van der Waals surface area contributed by atoms with Gasteiger partial charge in [0.05, 0.1) is 23.8 Å². The largest absolute Gasteiger partial charge is 0.378 e. The average Bonchev–Trinajstić information content (AvgIpc) is 2.89. The molecule has 38 heavy (non-hydrogen) atoms. The Morgan fingerprint density at radius 3 is 2.61 bits per heavy atom. The van der Waals surface area contributed by atoms with E-state index >= 15 is 0 Å². The molecule has 0 amide bonds. The molecule has 0 spiro atoms. The fourth-order valence-electron chi connectivity index (χ4n) is 5.46. The molecule has 204 valence electrons. The number of fused-ring (bicyclic) bond motifs is 1. The van der Waals surface area contributed by atoms with Gasteiger partial charge in [-0.1, -0.05) is 0 Å². The van der Waals surface area contributed by atoms with Crippen LogP contribution < -0.4 is 16.2 Å². The SMILES string of the molecule is CO[C@H]1CNC[C@@H](OCC2CCC(F)(F)CC2)[C@@H]1Nc1ncc(-c2cncc(C)c2)c2cc(C)c(=O)[nH]c12. The van der Waals surface area contributed by atoms with Gasteiger partial charge in [-0.3, -0.25) is 9.78 Å². The maximum atomic E-state index is 13.6. The fourth-order valence-corrected chi connectivity index (χ4v) is 5.46. The number of H-pyrrole nitrogens is 1. The lowest BCUT2D eigenvalue weighted by Gasteiger charge is -2.39. The first-order valence-corrected chi connectivity index (χ1v) is 13.2. The van der Waals surface area contributed by atoms with Gasteiger partial charge in [-0.15, -0.1) is 0 Å². The van der Waals surface area contributed by atoms with Crippen molar-refractivity contribution in [1.82, 2.24) is 20.3 Å². The number of aromatic nitrogens is 3. The molecule has 2 fully saturated rings. The van der Waals surface area contributed by atoms with Crippen LogP contribution in [-0.4, -0.2) is 65.9 Å². The summed E-state index contributed by atoms with van der Waals surface area (Å²) in [7, 11) is 1.65. The van der Waals surface area contributed by atoms with E-state index in [1.165, 1.54) is 0 Å². The lowest BCUT2D eigenvalue weighted by atomic mass is 9.87. The minimum absolute atomic E-state index is 0.0855. The van der Waals surface area contributed by atoms with Crippen LogP contribution in [0.2, 0.25) is 0 Å². The van der Waals surface area contributed by atoms with Crippen molar-refractivity contribution >= 4 is 16.7 Å². The predicted molar refractivity (Wildman–Crippen MR) is 143 cm³/mol. The minimum Gasteiger partial charge on any atom is -0.378 e.